The number of rotatable bonds is 7. The molecular formula is C24H21F5N4O3S. The van der Waals surface area contributed by atoms with Crippen molar-refractivity contribution < 1.29 is 35.2 Å². The molecule has 1 aliphatic heterocycles. The van der Waals surface area contributed by atoms with Crippen molar-refractivity contribution in [1.82, 2.24) is 19.6 Å². The molecule has 2 heterocycles. The van der Waals surface area contributed by atoms with Crippen molar-refractivity contribution in [1.29, 1.82) is 0 Å². The van der Waals surface area contributed by atoms with E-state index in [2.05, 4.69) is 15.3 Å². The summed E-state index contributed by atoms with van der Waals surface area (Å²) < 4.78 is 95.5. The number of sulfonamides is 1. The first-order chi connectivity index (χ1) is 17.4. The minimum Gasteiger partial charge on any atom is -0.351 e. The zero-order valence-corrected chi connectivity index (χ0v) is 20.2. The molecule has 2 aromatic carbocycles. The zero-order chi connectivity index (χ0) is 27.0. The van der Waals surface area contributed by atoms with E-state index in [1.165, 1.54) is 6.07 Å². The maximum atomic E-state index is 14.6. The highest BCUT2D eigenvalue weighted by atomic mass is 32.2. The standard InChI is InChI=1S/C24H21F5N4O3S/c1-24(28,29)23-31-12-16(13-32-23)15-8-14(9-18(26)10-15)11-30-22(34)21-20(27)6-7-33(21)37(35,36)19-4-2-17(25)3-5-19/h2-5,8-10,12-13,20-21H,6-7,11H2,1H3,(H,30,34)/t20-,21?/m0/s1. The number of amides is 1. The van der Waals surface area contributed by atoms with Crippen molar-refractivity contribution in [2.24, 2.45) is 0 Å². The number of benzene rings is 2. The molecule has 0 bridgehead atoms. The van der Waals surface area contributed by atoms with Gasteiger partial charge in [-0.25, -0.2) is 31.6 Å². The van der Waals surface area contributed by atoms with Gasteiger partial charge in [-0.3, -0.25) is 4.79 Å². The van der Waals surface area contributed by atoms with E-state index in [1.807, 2.05) is 0 Å². The van der Waals surface area contributed by atoms with Gasteiger partial charge in [-0.1, -0.05) is 0 Å². The summed E-state index contributed by atoms with van der Waals surface area (Å²) in [5, 5.41) is 2.43. The monoisotopic (exact) mass is 540 g/mol. The fourth-order valence-corrected chi connectivity index (χ4v) is 5.57. The number of nitrogens with one attached hydrogen (secondary N) is 1. The van der Waals surface area contributed by atoms with Gasteiger partial charge in [-0.05, 0) is 60.0 Å². The van der Waals surface area contributed by atoms with Gasteiger partial charge in [0.25, 0.3) is 0 Å². The molecule has 7 nitrogen and oxygen atoms in total. The average molecular weight is 541 g/mol. The van der Waals surface area contributed by atoms with E-state index < -0.39 is 51.5 Å². The van der Waals surface area contributed by atoms with Crippen LogP contribution in [0, 0.1) is 11.6 Å². The third-order valence-corrected chi connectivity index (χ3v) is 7.66. The Balaban J connectivity index is 1.51. The molecule has 0 spiro atoms. The SMILES string of the molecule is CC(F)(F)c1ncc(-c2cc(F)cc(CNC(=O)C3[C@@H](F)CCN3S(=O)(=O)c3ccc(F)cc3)c2)cn1. The topological polar surface area (TPSA) is 92.3 Å². The maximum absolute atomic E-state index is 14.6. The minimum atomic E-state index is -4.29. The number of halogens is 5. The van der Waals surface area contributed by atoms with E-state index in [4.69, 9.17) is 0 Å². The van der Waals surface area contributed by atoms with Gasteiger partial charge >= 0.3 is 5.92 Å². The molecule has 37 heavy (non-hydrogen) atoms. The van der Waals surface area contributed by atoms with Gasteiger partial charge in [-0.2, -0.15) is 13.1 Å². The van der Waals surface area contributed by atoms with Gasteiger partial charge < -0.3 is 5.32 Å². The lowest BCUT2D eigenvalue weighted by atomic mass is 10.0. The van der Waals surface area contributed by atoms with Crippen LogP contribution in [0.3, 0.4) is 0 Å². The molecule has 1 aromatic heterocycles. The molecule has 4 rings (SSSR count). The lowest BCUT2D eigenvalue weighted by Crippen LogP contribution is -2.49. The maximum Gasteiger partial charge on any atom is 0.303 e. The Morgan fingerprint density at radius 3 is 2.32 bits per heavy atom. The van der Waals surface area contributed by atoms with Crippen LogP contribution in [-0.4, -0.2) is 47.4 Å². The highest BCUT2D eigenvalue weighted by molar-refractivity contribution is 7.89. The van der Waals surface area contributed by atoms with E-state index >= 15 is 0 Å². The predicted octanol–water partition coefficient (Wildman–Crippen LogP) is 3.95. The van der Waals surface area contributed by atoms with Crippen LogP contribution in [0.1, 0.15) is 24.7 Å². The number of carbonyl (C=O) groups is 1. The first-order valence-electron chi connectivity index (χ1n) is 11.1. The second-order valence-corrected chi connectivity index (χ2v) is 10.5. The summed E-state index contributed by atoms with van der Waals surface area (Å²) in [5.74, 6) is -6.23. The largest absolute Gasteiger partial charge is 0.351 e. The number of carbonyl (C=O) groups excluding carboxylic acids is 1. The molecule has 3 aromatic rings. The van der Waals surface area contributed by atoms with Gasteiger partial charge in [0.05, 0.1) is 4.90 Å². The Kier molecular flexibility index (Phi) is 7.29. The summed E-state index contributed by atoms with van der Waals surface area (Å²) in [6, 6.07) is 5.96. The Labute approximate surface area is 209 Å². The van der Waals surface area contributed by atoms with Crippen molar-refractivity contribution in [3.8, 4) is 11.1 Å². The van der Waals surface area contributed by atoms with Gasteiger partial charge in [-0.15, -0.1) is 0 Å². The van der Waals surface area contributed by atoms with E-state index in [9.17, 15) is 35.2 Å². The number of nitrogens with zero attached hydrogens (tertiary/aromatic N) is 3. The molecule has 196 valence electrons. The Bertz CT molecular complexity index is 1400. The lowest BCUT2D eigenvalue weighted by molar-refractivity contribution is -0.125. The van der Waals surface area contributed by atoms with E-state index in [-0.39, 0.29) is 41.1 Å². The first kappa shape index (κ1) is 26.6. The molecule has 1 aliphatic rings. The highest BCUT2D eigenvalue weighted by Crippen LogP contribution is 2.29. The van der Waals surface area contributed by atoms with Crippen LogP contribution >= 0.6 is 0 Å². The third kappa shape index (κ3) is 5.77. The molecule has 1 N–H and O–H groups in total. The second kappa shape index (κ2) is 10.1. The van der Waals surface area contributed by atoms with Crippen LogP contribution in [0.4, 0.5) is 22.0 Å². The Hall–Kier alpha value is -3.45. The molecule has 1 fully saturated rings. The van der Waals surface area contributed by atoms with Crippen LogP contribution in [0.5, 0.6) is 0 Å². The molecule has 0 radical (unpaired) electrons. The van der Waals surface area contributed by atoms with Crippen LogP contribution in [-0.2, 0) is 27.3 Å². The predicted molar refractivity (Wildman–Crippen MR) is 122 cm³/mol. The van der Waals surface area contributed by atoms with Crippen LogP contribution in [0.15, 0.2) is 59.8 Å². The normalized spacial score (nSPS) is 18.6. The number of hydrogen-bond acceptors (Lipinski definition) is 5. The van der Waals surface area contributed by atoms with E-state index in [0.717, 1.165) is 53.1 Å². The third-order valence-electron chi connectivity index (χ3n) is 5.77. The van der Waals surface area contributed by atoms with Crippen molar-refractivity contribution in [2.75, 3.05) is 6.54 Å². The van der Waals surface area contributed by atoms with Crippen molar-refractivity contribution in [2.45, 2.75) is 42.9 Å². The smallest absolute Gasteiger partial charge is 0.303 e. The zero-order valence-electron chi connectivity index (χ0n) is 19.3. The molecule has 13 heteroatoms. The quantitative estimate of drug-likeness (QED) is 0.459. The Morgan fingerprint density at radius 2 is 1.70 bits per heavy atom. The van der Waals surface area contributed by atoms with E-state index in [0.29, 0.717) is 6.92 Å². The van der Waals surface area contributed by atoms with Crippen molar-refractivity contribution in [3.05, 3.63) is 77.9 Å². The van der Waals surface area contributed by atoms with Gasteiger partial charge in [0.15, 0.2) is 5.82 Å². The molecule has 1 amide bonds. The van der Waals surface area contributed by atoms with E-state index in [1.54, 1.807) is 0 Å². The van der Waals surface area contributed by atoms with Gasteiger partial charge in [0, 0.05) is 38.0 Å². The summed E-state index contributed by atoms with van der Waals surface area (Å²) in [7, 11) is -4.29. The fraction of sp³-hybridized carbons (Fsp3) is 0.292. The summed E-state index contributed by atoms with van der Waals surface area (Å²) in [4.78, 5) is 19.8. The summed E-state index contributed by atoms with van der Waals surface area (Å²) in [6.45, 7) is 0.114. The molecule has 1 saturated heterocycles. The van der Waals surface area contributed by atoms with Crippen LogP contribution < -0.4 is 5.32 Å². The molecule has 0 aliphatic carbocycles. The number of aromatic nitrogens is 2. The molecule has 2 atom stereocenters. The lowest BCUT2D eigenvalue weighted by Gasteiger charge is -2.24. The second-order valence-electron chi connectivity index (χ2n) is 8.57. The average Bonchev–Trinajstić information content (AvgIpc) is 3.24. The van der Waals surface area contributed by atoms with Gasteiger partial charge in [0.2, 0.25) is 15.9 Å². The molecular weight excluding hydrogens is 519 g/mol. The number of alkyl halides is 3. The Morgan fingerprint density at radius 1 is 1.05 bits per heavy atom. The number of hydrogen-bond donors (Lipinski definition) is 1. The van der Waals surface area contributed by atoms with Crippen LogP contribution in [0.2, 0.25) is 0 Å². The summed E-state index contributed by atoms with van der Waals surface area (Å²) in [5.41, 5.74) is 0.741. The summed E-state index contributed by atoms with van der Waals surface area (Å²) >= 11 is 0. The fourth-order valence-electron chi connectivity index (χ4n) is 3.95. The minimum absolute atomic E-state index is 0.213. The van der Waals surface area contributed by atoms with Crippen molar-refractivity contribution >= 4 is 15.9 Å². The van der Waals surface area contributed by atoms with Crippen molar-refractivity contribution in [3.63, 3.8) is 0 Å². The highest BCUT2D eigenvalue weighted by Gasteiger charge is 2.46. The van der Waals surface area contributed by atoms with Crippen LogP contribution in [0.25, 0.3) is 11.1 Å². The molecule has 1 unspecified atom stereocenters. The van der Waals surface area contributed by atoms with Gasteiger partial charge in [0.1, 0.15) is 23.8 Å². The first-order valence-corrected chi connectivity index (χ1v) is 12.5. The summed E-state index contributed by atoms with van der Waals surface area (Å²) in [6.07, 6.45) is 0.225. The molecule has 0 saturated carbocycles.